The maximum absolute atomic E-state index is 4.34. The summed E-state index contributed by atoms with van der Waals surface area (Å²) in [5.41, 5.74) is 2.19. The van der Waals surface area contributed by atoms with Crippen molar-refractivity contribution in [3.63, 3.8) is 0 Å². The van der Waals surface area contributed by atoms with E-state index in [1.165, 1.54) is 0 Å². The summed E-state index contributed by atoms with van der Waals surface area (Å²) < 4.78 is 2.18. The van der Waals surface area contributed by atoms with Crippen molar-refractivity contribution in [2.45, 2.75) is 13.5 Å². The summed E-state index contributed by atoms with van der Waals surface area (Å²) in [7, 11) is 0. The Morgan fingerprint density at radius 3 is 2.71 bits per heavy atom. The molecule has 2 nitrogen and oxygen atoms in total. The van der Waals surface area contributed by atoms with E-state index in [0.717, 1.165) is 17.9 Å². The van der Waals surface area contributed by atoms with Crippen molar-refractivity contribution in [1.29, 1.82) is 0 Å². The Bertz CT molecular complexity index is 410. The average molecular weight is 185 g/mol. The van der Waals surface area contributed by atoms with Gasteiger partial charge >= 0.3 is 0 Å². The number of aromatic nitrogens is 2. The highest BCUT2D eigenvalue weighted by atomic mass is 15.0. The molecule has 0 spiro atoms. The second-order valence-corrected chi connectivity index (χ2v) is 3.09. The zero-order chi connectivity index (χ0) is 9.80. The van der Waals surface area contributed by atoms with Gasteiger partial charge in [-0.2, -0.15) is 4.57 Å². The first-order chi connectivity index (χ1) is 6.92. The van der Waals surface area contributed by atoms with Crippen LogP contribution >= 0.6 is 0 Å². The summed E-state index contributed by atoms with van der Waals surface area (Å²) in [5.74, 6) is 0. The summed E-state index contributed by atoms with van der Waals surface area (Å²) >= 11 is 0. The van der Waals surface area contributed by atoms with Crippen molar-refractivity contribution in [3.8, 4) is 11.4 Å². The molecule has 0 N–H and O–H groups in total. The highest BCUT2D eigenvalue weighted by Gasteiger charge is 2.09. The van der Waals surface area contributed by atoms with Gasteiger partial charge in [0.15, 0.2) is 6.20 Å². The second kappa shape index (κ2) is 4.01. The van der Waals surface area contributed by atoms with Crippen molar-refractivity contribution in [2.24, 2.45) is 0 Å². The lowest BCUT2D eigenvalue weighted by atomic mass is 10.2. The molecule has 0 aliphatic carbocycles. The molecule has 0 saturated carbocycles. The Morgan fingerprint density at radius 2 is 2.00 bits per heavy atom. The first kappa shape index (κ1) is 8.88. The van der Waals surface area contributed by atoms with E-state index in [4.69, 9.17) is 0 Å². The molecule has 0 aliphatic rings. The summed E-state index contributed by atoms with van der Waals surface area (Å²) in [4.78, 5) is 4.34. The molecule has 0 amide bonds. The maximum atomic E-state index is 4.34. The third kappa shape index (κ3) is 1.64. The first-order valence-corrected chi connectivity index (χ1v) is 4.81. The maximum Gasteiger partial charge on any atom is 0.231 e. The Morgan fingerprint density at radius 1 is 1.14 bits per heavy atom. The van der Waals surface area contributed by atoms with E-state index in [1.54, 1.807) is 0 Å². The van der Waals surface area contributed by atoms with Crippen LogP contribution in [0.15, 0.2) is 48.8 Å². The molecule has 0 aliphatic heterocycles. The number of hydrogen-bond acceptors (Lipinski definition) is 1. The smallest absolute Gasteiger partial charge is 0.231 e. The van der Waals surface area contributed by atoms with Crippen molar-refractivity contribution in [2.75, 3.05) is 0 Å². The summed E-state index contributed by atoms with van der Waals surface area (Å²) in [6, 6.07) is 12.1. The van der Waals surface area contributed by atoms with Gasteiger partial charge in [-0.25, -0.2) is 4.98 Å². The molecule has 0 radical (unpaired) electrons. The summed E-state index contributed by atoms with van der Waals surface area (Å²) in [6.45, 7) is 3.10. The zero-order valence-electron chi connectivity index (χ0n) is 8.22. The molecule has 2 heteroatoms. The average Bonchev–Trinajstić information content (AvgIpc) is 2.30. The lowest BCUT2D eigenvalue weighted by molar-refractivity contribution is -0.682. The van der Waals surface area contributed by atoms with Crippen LogP contribution in [0.4, 0.5) is 0 Å². The number of nitrogens with zero attached hydrogens (tertiary/aromatic N) is 2. The quantitative estimate of drug-likeness (QED) is 0.654. The Balaban J connectivity index is 2.51. The third-order valence-corrected chi connectivity index (χ3v) is 2.21. The van der Waals surface area contributed by atoms with Crippen molar-refractivity contribution < 1.29 is 4.57 Å². The molecule has 70 valence electrons. The van der Waals surface area contributed by atoms with Gasteiger partial charge in [-0.1, -0.05) is 6.07 Å². The molecule has 0 unspecified atom stereocenters. The second-order valence-electron chi connectivity index (χ2n) is 3.09. The lowest BCUT2D eigenvalue weighted by Crippen LogP contribution is -2.34. The molecule has 0 aromatic carbocycles. The van der Waals surface area contributed by atoms with Gasteiger partial charge < -0.3 is 0 Å². The highest BCUT2D eigenvalue weighted by Crippen LogP contribution is 2.10. The van der Waals surface area contributed by atoms with E-state index in [1.807, 2.05) is 36.5 Å². The van der Waals surface area contributed by atoms with Crippen LogP contribution in [0.3, 0.4) is 0 Å². The fraction of sp³-hybridized carbons (Fsp3) is 0.167. The molecular formula is C12H13N2+. The van der Waals surface area contributed by atoms with Gasteiger partial charge in [0.25, 0.3) is 0 Å². The standard InChI is InChI=1S/C12H13N2/c1-2-14-10-6-4-8-12(14)11-7-3-5-9-13-11/h3-10H,2H2,1H3/q+1. The number of rotatable bonds is 2. The van der Waals surface area contributed by atoms with Gasteiger partial charge in [0.05, 0.1) is 0 Å². The van der Waals surface area contributed by atoms with E-state index in [0.29, 0.717) is 0 Å². The van der Waals surface area contributed by atoms with Gasteiger partial charge in [0, 0.05) is 18.3 Å². The van der Waals surface area contributed by atoms with Gasteiger partial charge in [-0.3, -0.25) is 0 Å². The molecule has 14 heavy (non-hydrogen) atoms. The van der Waals surface area contributed by atoms with E-state index < -0.39 is 0 Å². The largest absolute Gasteiger partial charge is 0.250 e. The minimum atomic E-state index is 0.965. The van der Waals surface area contributed by atoms with Gasteiger partial charge in [0.2, 0.25) is 5.69 Å². The van der Waals surface area contributed by atoms with Gasteiger partial charge in [-0.15, -0.1) is 0 Å². The van der Waals surface area contributed by atoms with Gasteiger partial charge in [-0.05, 0) is 25.1 Å². The Kier molecular flexibility index (Phi) is 2.54. The molecule has 0 saturated heterocycles. The summed E-state index contributed by atoms with van der Waals surface area (Å²) in [5, 5.41) is 0. The minimum absolute atomic E-state index is 0.965. The number of aryl methyl sites for hydroxylation is 1. The van der Waals surface area contributed by atoms with Crippen molar-refractivity contribution >= 4 is 0 Å². The van der Waals surface area contributed by atoms with Crippen molar-refractivity contribution in [3.05, 3.63) is 48.8 Å². The summed E-state index contributed by atoms with van der Waals surface area (Å²) in [6.07, 6.45) is 3.90. The molecule has 2 rings (SSSR count). The van der Waals surface area contributed by atoms with Crippen LogP contribution < -0.4 is 4.57 Å². The number of pyridine rings is 2. The number of hydrogen-bond donors (Lipinski definition) is 0. The van der Waals surface area contributed by atoms with E-state index in [9.17, 15) is 0 Å². The molecule has 0 fully saturated rings. The molecular weight excluding hydrogens is 172 g/mol. The monoisotopic (exact) mass is 185 g/mol. The molecule has 2 aromatic heterocycles. The minimum Gasteiger partial charge on any atom is -0.250 e. The lowest BCUT2D eigenvalue weighted by Gasteiger charge is -1.99. The van der Waals surface area contributed by atoms with Crippen LogP contribution in [0.25, 0.3) is 11.4 Å². The highest BCUT2D eigenvalue weighted by molar-refractivity contribution is 5.49. The van der Waals surface area contributed by atoms with Crippen LogP contribution in [-0.2, 0) is 6.54 Å². The fourth-order valence-electron chi connectivity index (χ4n) is 1.50. The third-order valence-electron chi connectivity index (χ3n) is 2.21. The Hall–Kier alpha value is -1.70. The topological polar surface area (TPSA) is 16.8 Å². The van der Waals surface area contributed by atoms with Crippen molar-refractivity contribution in [1.82, 2.24) is 4.98 Å². The van der Waals surface area contributed by atoms with E-state index in [2.05, 4.69) is 28.7 Å². The zero-order valence-corrected chi connectivity index (χ0v) is 8.22. The fourth-order valence-corrected chi connectivity index (χ4v) is 1.50. The van der Waals surface area contributed by atoms with Crippen LogP contribution in [0.1, 0.15) is 6.92 Å². The van der Waals surface area contributed by atoms with Crippen LogP contribution in [0.5, 0.6) is 0 Å². The first-order valence-electron chi connectivity index (χ1n) is 4.81. The van der Waals surface area contributed by atoms with Gasteiger partial charge in [0.1, 0.15) is 12.2 Å². The van der Waals surface area contributed by atoms with E-state index in [-0.39, 0.29) is 0 Å². The Labute approximate surface area is 83.9 Å². The molecule has 0 bridgehead atoms. The van der Waals surface area contributed by atoms with Crippen LogP contribution in [-0.4, -0.2) is 4.98 Å². The molecule has 0 atom stereocenters. The predicted molar refractivity (Wildman–Crippen MR) is 55.5 cm³/mol. The normalized spacial score (nSPS) is 10.1. The SMILES string of the molecule is CC[n+]1ccccc1-c1ccccn1. The molecule has 2 heterocycles. The van der Waals surface area contributed by atoms with E-state index >= 15 is 0 Å². The molecule has 2 aromatic rings. The van der Waals surface area contributed by atoms with Crippen LogP contribution in [0, 0.1) is 0 Å². The predicted octanol–water partition coefficient (Wildman–Crippen LogP) is 2.06. The van der Waals surface area contributed by atoms with Crippen LogP contribution in [0.2, 0.25) is 0 Å².